The van der Waals surface area contributed by atoms with Gasteiger partial charge >= 0.3 is 6.18 Å². The number of halogens is 4. The zero-order valence-corrected chi connectivity index (χ0v) is 13.2. The number of carbonyl (C=O) groups is 2. The average molecular weight is 349 g/mol. The average Bonchev–Trinajstić information content (AvgIpc) is 2.53. The lowest BCUT2D eigenvalue weighted by Gasteiger charge is -2.35. The highest BCUT2D eigenvalue weighted by molar-refractivity contribution is 6.30. The molecule has 1 aromatic rings. The Bertz CT molecular complexity index is 579. The topological polar surface area (TPSA) is 40.6 Å². The summed E-state index contributed by atoms with van der Waals surface area (Å²) in [5.74, 6) is -0.530. The predicted octanol–water partition coefficient (Wildman–Crippen LogP) is 2.62. The third kappa shape index (κ3) is 4.16. The van der Waals surface area contributed by atoms with E-state index in [0.29, 0.717) is 26.2 Å². The van der Waals surface area contributed by atoms with Gasteiger partial charge in [-0.05, 0) is 31.2 Å². The van der Waals surface area contributed by atoms with E-state index in [4.69, 9.17) is 11.6 Å². The Kier molecular flexibility index (Phi) is 5.19. The number of piperazine rings is 1. The van der Waals surface area contributed by atoms with Crippen LogP contribution in [-0.4, -0.2) is 53.2 Å². The normalized spacial score (nSPS) is 17.1. The number of benzene rings is 1. The Balaban J connectivity index is 1.99. The smallest absolute Gasteiger partial charge is 0.338 e. The Morgan fingerprint density at radius 1 is 1.04 bits per heavy atom. The first-order valence-corrected chi connectivity index (χ1v) is 7.53. The van der Waals surface area contributed by atoms with Gasteiger partial charge in [-0.15, -0.1) is 11.6 Å². The zero-order chi connectivity index (χ0) is 17.2. The van der Waals surface area contributed by atoms with Crippen LogP contribution in [0.2, 0.25) is 0 Å². The Labute approximate surface area is 136 Å². The van der Waals surface area contributed by atoms with Crippen LogP contribution in [0.25, 0.3) is 0 Å². The van der Waals surface area contributed by atoms with Crippen LogP contribution in [0.1, 0.15) is 22.8 Å². The van der Waals surface area contributed by atoms with Gasteiger partial charge in [0.25, 0.3) is 5.91 Å². The van der Waals surface area contributed by atoms with Gasteiger partial charge in [0, 0.05) is 31.7 Å². The fraction of sp³-hybridized carbons (Fsp3) is 0.467. The van der Waals surface area contributed by atoms with Crippen molar-refractivity contribution >= 4 is 23.4 Å². The molecule has 0 N–H and O–H groups in total. The highest BCUT2D eigenvalue weighted by Gasteiger charge is 2.31. The number of alkyl halides is 4. The van der Waals surface area contributed by atoms with Gasteiger partial charge in [-0.25, -0.2) is 0 Å². The summed E-state index contributed by atoms with van der Waals surface area (Å²) in [4.78, 5) is 27.1. The summed E-state index contributed by atoms with van der Waals surface area (Å²) in [7, 11) is 0. The zero-order valence-electron chi connectivity index (χ0n) is 12.4. The van der Waals surface area contributed by atoms with Gasteiger partial charge in [-0.2, -0.15) is 13.2 Å². The molecular formula is C15H16ClF3N2O2. The fourth-order valence-electron chi connectivity index (χ4n) is 2.37. The second kappa shape index (κ2) is 6.78. The van der Waals surface area contributed by atoms with Gasteiger partial charge in [0.05, 0.1) is 5.56 Å². The van der Waals surface area contributed by atoms with Crippen LogP contribution in [0.15, 0.2) is 24.3 Å². The summed E-state index contributed by atoms with van der Waals surface area (Å²) in [6, 6.07) is 4.12. The lowest BCUT2D eigenvalue weighted by atomic mass is 10.1. The number of nitrogens with zero attached hydrogens (tertiary/aromatic N) is 2. The SMILES string of the molecule is CC(Cl)C(=O)N1CCN(C(=O)c2ccc(C(F)(F)F)cc2)CC1. The third-order valence-corrected chi connectivity index (χ3v) is 3.86. The molecule has 0 aromatic heterocycles. The summed E-state index contributed by atoms with van der Waals surface area (Å²) in [5, 5.41) is -0.618. The molecule has 1 atom stereocenters. The van der Waals surface area contributed by atoms with E-state index in [1.54, 1.807) is 11.8 Å². The molecule has 2 amide bonds. The largest absolute Gasteiger partial charge is 0.416 e. The first-order valence-electron chi connectivity index (χ1n) is 7.09. The van der Waals surface area contributed by atoms with E-state index in [9.17, 15) is 22.8 Å². The monoisotopic (exact) mass is 348 g/mol. The summed E-state index contributed by atoms with van der Waals surface area (Å²) < 4.78 is 37.5. The molecular weight excluding hydrogens is 333 g/mol. The van der Waals surface area contributed by atoms with Crippen molar-refractivity contribution in [2.75, 3.05) is 26.2 Å². The second-order valence-electron chi connectivity index (χ2n) is 5.31. The molecule has 4 nitrogen and oxygen atoms in total. The van der Waals surface area contributed by atoms with Crippen molar-refractivity contribution in [3.05, 3.63) is 35.4 Å². The van der Waals surface area contributed by atoms with Crippen LogP contribution < -0.4 is 0 Å². The predicted molar refractivity (Wildman–Crippen MR) is 79.2 cm³/mol. The van der Waals surface area contributed by atoms with Crippen molar-refractivity contribution in [3.63, 3.8) is 0 Å². The molecule has 126 valence electrons. The first-order chi connectivity index (χ1) is 10.7. The second-order valence-corrected chi connectivity index (χ2v) is 5.96. The first kappa shape index (κ1) is 17.6. The van der Waals surface area contributed by atoms with Gasteiger partial charge < -0.3 is 9.80 Å². The van der Waals surface area contributed by atoms with Gasteiger partial charge in [-0.1, -0.05) is 0 Å². The summed E-state index contributed by atoms with van der Waals surface area (Å²) >= 11 is 5.74. The van der Waals surface area contributed by atoms with Crippen molar-refractivity contribution in [1.29, 1.82) is 0 Å². The number of carbonyl (C=O) groups excluding carboxylic acids is 2. The molecule has 23 heavy (non-hydrogen) atoms. The lowest BCUT2D eigenvalue weighted by molar-refractivity contribution is -0.137. The lowest BCUT2D eigenvalue weighted by Crippen LogP contribution is -2.52. The van der Waals surface area contributed by atoms with Crippen LogP contribution in [0.4, 0.5) is 13.2 Å². The molecule has 0 saturated carbocycles. The van der Waals surface area contributed by atoms with E-state index in [1.807, 2.05) is 0 Å². The molecule has 0 bridgehead atoms. The van der Waals surface area contributed by atoms with E-state index >= 15 is 0 Å². The van der Waals surface area contributed by atoms with Gasteiger partial charge in [-0.3, -0.25) is 9.59 Å². The van der Waals surface area contributed by atoms with Crippen molar-refractivity contribution in [2.45, 2.75) is 18.5 Å². The Hall–Kier alpha value is -1.76. The van der Waals surface area contributed by atoms with Crippen LogP contribution in [0.5, 0.6) is 0 Å². The van der Waals surface area contributed by atoms with Crippen molar-refractivity contribution in [1.82, 2.24) is 9.80 Å². The van der Waals surface area contributed by atoms with E-state index in [2.05, 4.69) is 0 Å². The van der Waals surface area contributed by atoms with Crippen LogP contribution >= 0.6 is 11.6 Å². The molecule has 2 rings (SSSR count). The molecule has 0 aliphatic carbocycles. The Morgan fingerprint density at radius 2 is 1.52 bits per heavy atom. The Morgan fingerprint density at radius 3 is 1.96 bits per heavy atom. The maximum absolute atomic E-state index is 12.5. The van der Waals surface area contributed by atoms with Gasteiger partial charge in [0.1, 0.15) is 5.38 Å². The number of hydrogen-bond acceptors (Lipinski definition) is 2. The molecule has 0 spiro atoms. The highest BCUT2D eigenvalue weighted by Crippen LogP contribution is 2.29. The van der Waals surface area contributed by atoms with E-state index in [0.717, 1.165) is 12.1 Å². The maximum Gasteiger partial charge on any atom is 0.416 e. The van der Waals surface area contributed by atoms with Crippen LogP contribution in [0, 0.1) is 0 Å². The van der Waals surface area contributed by atoms with E-state index in [1.165, 1.54) is 17.0 Å². The van der Waals surface area contributed by atoms with Gasteiger partial charge in [0.2, 0.25) is 5.91 Å². The minimum absolute atomic E-state index is 0.187. The van der Waals surface area contributed by atoms with E-state index < -0.39 is 17.1 Å². The minimum atomic E-state index is -4.42. The maximum atomic E-state index is 12.5. The number of hydrogen-bond donors (Lipinski definition) is 0. The number of rotatable bonds is 2. The summed E-state index contributed by atoms with van der Waals surface area (Å²) in [6.07, 6.45) is -4.42. The number of amides is 2. The highest BCUT2D eigenvalue weighted by atomic mass is 35.5. The summed E-state index contributed by atoms with van der Waals surface area (Å²) in [5.41, 5.74) is -0.593. The fourth-order valence-corrected chi connectivity index (χ4v) is 2.50. The molecule has 1 heterocycles. The van der Waals surface area contributed by atoms with Crippen LogP contribution in [-0.2, 0) is 11.0 Å². The van der Waals surface area contributed by atoms with Gasteiger partial charge in [0.15, 0.2) is 0 Å². The molecule has 1 aliphatic rings. The van der Waals surface area contributed by atoms with Crippen LogP contribution in [0.3, 0.4) is 0 Å². The minimum Gasteiger partial charge on any atom is -0.338 e. The molecule has 1 saturated heterocycles. The van der Waals surface area contributed by atoms with E-state index in [-0.39, 0.29) is 17.4 Å². The molecule has 1 aromatic carbocycles. The van der Waals surface area contributed by atoms with Crippen molar-refractivity contribution < 1.29 is 22.8 Å². The molecule has 1 unspecified atom stereocenters. The third-order valence-electron chi connectivity index (χ3n) is 3.68. The quantitative estimate of drug-likeness (QED) is 0.771. The molecule has 0 radical (unpaired) electrons. The van der Waals surface area contributed by atoms with Crippen molar-refractivity contribution in [3.8, 4) is 0 Å². The standard InChI is InChI=1S/C15H16ClF3N2O2/c1-10(16)13(22)20-6-8-21(9-7-20)14(23)11-2-4-12(5-3-11)15(17,18)19/h2-5,10H,6-9H2,1H3. The molecule has 8 heteroatoms. The summed E-state index contributed by atoms with van der Waals surface area (Å²) in [6.45, 7) is 2.97. The molecule has 1 aliphatic heterocycles. The molecule has 1 fully saturated rings. The van der Waals surface area contributed by atoms with Crippen molar-refractivity contribution in [2.24, 2.45) is 0 Å².